The van der Waals surface area contributed by atoms with E-state index in [-0.39, 0.29) is 23.8 Å². The Hall–Kier alpha value is -1.66. The first kappa shape index (κ1) is 17.4. The molecular formula is C14H16ClFO5. The van der Waals surface area contributed by atoms with E-state index in [0.29, 0.717) is 0 Å². The van der Waals surface area contributed by atoms with Crippen LogP contribution in [0.1, 0.15) is 25.5 Å². The minimum absolute atomic E-state index is 0.0134. The van der Waals surface area contributed by atoms with E-state index in [9.17, 15) is 19.1 Å². The van der Waals surface area contributed by atoms with Gasteiger partial charge in [0, 0.05) is 10.6 Å². The molecule has 0 bridgehead atoms. The van der Waals surface area contributed by atoms with E-state index in [4.69, 9.17) is 21.1 Å². The lowest BCUT2D eigenvalue weighted by Gasteiger charge is -2.20. The fourth-order valence-corrected chi connectivity index (χ4v) is 1.92. The number of rotatable bonds is 6. The van der Waals surface area contributed by atoms with Gasteiger partial charge < -0.3 is 14.6 Å². The molecule has 0 radical (unpaired) electrons. The SMILES string of the molecule is CCOC(=O)C(C(=O)OCC)C(O)c1cc(Cl)ccc1F. The van der Waals surface area contributed by atoms with Crippen LogP contribution in [0, 0.1) is 11.7 Å². The topological polar surface area (TPSA) is 72.8 Å². The molecule has 0 aliphatic rings. The molecule has 5 nitrogen and oxygen atoms in total. The summed E-state index contributed by atoms with van der Waals surface area (Å²) < 4.78 is 23.2. The number of halogens is 2. The van der Waals surface area contributed by atoms with E-state index in [1.54, 1.807) is 13.8 Å². The highest BCUT2D eigenvalue weighted by Crippen LogP contribution is 2.28. The Labute approximate surface area is 126 Å². The summed E-state index contributed by atoms with van der Waals surface area (Å²) in [7, 11) is 0. The fourth-order valence-electron chi connectivity index (χ4n) is 1.74. The average molecular weight is 319 g/mol. The number of aliphatic hydroxyl groups is 1. The number of carbonyl (C=O) groups excluding carboxylic acids is 2. The molecular weight excluding hydrogens is 303 g/mol. The Balaban J connectivity index is 3.14. The third-order valence-electron chi connectivity index (χ3n) is 2.67. The van der Waals surface area contributed by atoms with Crippen LogP contribution in [0.25, 0.3) is 0 Å². The molecule has 1 aromatic rings. The van der Waals surface area contributed by atoms with E-state index in [2.05, 4.69) is 0 Å². The van der Waals surface area contributed by atoms with Gasteiger partial charge in [0.25, 0.3) is 0 Å². The molecule has 0 saturated carbocycles. The van der Waals surface area contributed by atoms with E-state index in [1.165, 1.54) is 6.07 Å². The first-order valence-corrected chi connectivity index (χ1v) is 6.76. The van der Waals surface area contributed by atoms with Crippen molar-refractivity contribution < 1.29 is 28.6 Å². The van der Waals surface area contributed by atoms with Crippen LogP contribution in [0.3, 0.4) is 0 Å². The summed E-state index contributed by atoms with van der Waals surface area (Å²) in [5.74, 6) is -4.42. The molecule has 0 saturated heterocycles. The number of carbonyl (C=O) groups is 2. The second-order valence-corrected chi connectivity index (χ2v) is 4.53. The van der Waals surface area contributed by atoms with Crippen molar-refractivity contribution in [1.82, 2.24) is 0 Å². The van der Waals surface area contributed by atoms with Crippen molar-refractivity contribution in [2.45, 2.75) is 20.0 Å². The van der Waals surface area contributed by atoms with Crippen molar-refractivity contribution in [2.24, 2.45) is 5.92 Å². The van der Waals surface area contributed by atoms with Crippen molar-refractivity contribution in [3.05, 3.63) is 34.6 Å². The molecule has 0 fully saturated rings. The Bertz CT molecular complexity index is 502. The zero-order valence-electron chi connectivity index (χ0n) is 11.6. The summed E-state index contributed by atoms with van der Waals surface area (Å²) in [6.45, 7) is 3.12. The molecule has 7 heteroatoms. The molecule has 1 rings (SSSR count). The minimum Gasteiger partial charge on any atom is -0.465 e. The van der Waals surface area contributed by atoms with Crippen LogP contribution in [-0.4, -0.2) is 30.3 Å². The van der Waals surface area contributed by atoms with Crippen LogP contribution in [-0.2, 0) is 19.1 Å². The lowest BCUT2D eigenvalue weighted by molar-refractivity contribution is -0.167. The van der Waals surface area contributed by atoms with Crippen LogP contribution in [0.4, 0.5) is 4.39 Å². The van der Waals surface area contributed by atoms with E-state index >= 15 is 0 Å². The predicted molar refractivity (Wildman–Crippen MR) is 73.1 cm³/mol. The normalized spacial score (nSPS) is 12.1. The van der Waals surface area contributed by atoms with Gasteiger partial charge in [0.2, 0.25) is 0 Å². The van der Waals surface area contributed by atoms with Gasteiger partial charge in [-0.25, -0.2) is 4.39 Å². The van der Waals surface area contributed by atoms with E-state index < -0.39 is 29.8 Å². The van der Waals surface area contributed by atoms with Crippen molar-refractivity contribution in [3.63, 3.8) is 0 Å². The van der Waals surface area contributed by atoms with Gasteiger partial charge in [0.1, 0.15) is 11.9 Å². The lowest BCUT2D eigenvalue weighted by atomic mass is 9.95. The molecule has 116 valence electrons. The van der Waals surface area contributed by atoms with Crippen molar-refractivity contribution >= 4 is 23.5 Å². The van der Waals surface area contributed by atoms with Crippen LogP contribution in [0.15, 0.2) is 18.2 Å². The second kappa shape index (κ2) is 7.95. The third-order valence-corrected chi connectivity index (χ3v) is 2.91. The van der Waals surface area contributed by atoms with Crippen LogP contribution in [0.5, 0.6) is 0 Å². The molecule has 0 spiro atoms. The number of hydrogen-bond donors (Lipinski definition) is 1. The quantitative estimate of drug-likeness (QED) is 0.643. The van der Waals surface area contributed by atoms with Gasteiger partial charge in [-0.15, -0.1) is 0 Å². The average Bonchev–Trinajstić information content (AvgIpc) is 2.42. The van der Waals surface area contributed by atoms with E-state index in [0.717, 1.165) is 12.1 Å². The highest BCUT2D eigenvalue weighted by molar-refractivity contribution is 6.30. The molecule has 0 heterocycles. The molecule has 0 amide bonds. The molecule has 0 aliphatic heterocycles. The van der Waals surface area contributed by atoms with Crippen LogP contribution in [0.2, 0.25) is 5.02 Å². The summed E-state index contributed by atoms with van der Waals surface area (Å²) in [6, 6.07) is 3.47. The smallest absolute Gasteiger partial charge is 0.323 e. The maximum atomic E-state index is 13.8. The zero-order chi connectivity index (χ0) is 16.0. The Morgan fingerprint density at radius 2 is 1.76 bits per heavy atom. The Morgan fingerprint density at radius 1 is 1.24 bits per heavy atom. The van der Waals surface area contributed by atoms with Gasteiger partial charge in [-0.3, -0.25) is 9.59 Å². The van der Waals surface area contributed by atoms with Crippen molar-refractivity contribution in [2.75, 3.05) is 13.2 Å². The second-order valence-electron chi connectivity index (χ2n) is 4.09. The summed E-state index contributed by atoms with van der Waals surface area (Å²) >= 11 is 5.74. The number of benzene rings is 1. The maximum absolute atomic E-state index is 13.8. The number of ether oxygens (including phenoxy) is 2. The lowest BCUT2D eigenvalue weighted by Crippen LogP contribution is -2.33. The highest BCUT2D eigenvalue weighted by Gasteiger charge is 2.38. The zero-order valence-corrected chi connectivity index (χ0v) is 12.4. The van der Waals surface area contributed by atoms with Gasteiger partial charge in [-0.1, -0.05) is 11.6 Å². The molecule has 1 N–H and O–H groups in total. The molecule has 0 aromatic heterocycles. The van der Waals surface area contributed by atoms with E-state index in [1.807, 2.05) is 0 Å². The number of aliphatic hydroxyl groups excluding tert-OH is 1. The molecule has 21 heavy (non-hydrogen) atoms. The van der Waals surface area contributed by atoms with Crippen LogP contribution >= 0.6 is 11.6 Å². The monoisotopic (exact) mass is 318 g/mol. The highest BCUT2D eigenvalue weighted by atomic mass is 35.5. The summed E-state index contributed by atoms with van der Waals surface area (Å²) in [4.78, 5) is 23.7. The van der Waals surface area contributed by atoms with Gasteiger partial charge in [-0.05, 0) is 32.0 Å². The van der Waals surface area contributed by atoms with Gasteiger partial charge in [0.15, 0.2) is 5.92 Å². The maximum Gasteiger partial charge on any atom is 0.323 e. The standard InChI is InChI=1S/C14H16ClFO5/c1-3-20-13(18)11(14(19)21-4-2)12(17)9-7-8(15)5-6-10(9)16/h5-7,11-12,17H,3-4H2,1-2H3. The van der Waals surface area contributed by atoms with Gasteiger partial charge >= 0.3 is 11.9 Å². The van der Waals surface area contributed by atoms with Gasteiger partial charge in [-0.2, -0.15) is 0 Å². The number of hydrogen-bond acceptors (Lipinski definition) is 5. The summed E-state index contributed by atoms with van der Waals surface area (Å²) in [5, 5.41) is 10.3. The largest absolute Gasteiger partial charge is 0.465 e. The molecule has 1 aromatic carbocycles. The Kier molecular flexibility index (Phi) is 6.58. The number of esters is 2. The first-order chi connectivity index (χ1) is 9.92. The third kappa shape index (κ3) is 4.41. The molecule has 1 atom stereocenters. The van der Waals surface area contributed by atoms with Crippen LogP contribution < -0.4 is 0 Å². The minimum atomic E-state index is -1.75. The van der Waals surface area contributed by atoms with Gasteiger partial charge in [0.05, 0.1) is 13.2 Å². The fraction of sp³-hybridized carbons (Fsp3) is 0.429. The summed E-state index contributed by atoms with van der Waals surface area (Å²) in [5.41, 5.74) is -0.270. The van der Waals surface area contributed by atoms with Crippen molar-refractivity contribution in [3.8, 4) is 0 Å². The Morgan fingerprint density at radius 3 is 2.24 bits per heavy atom. The first-order valence-electron chi connectivity index (χ1n) is 6.38. The molecule has 0 aliphatic carbocycles. The predicted octanol–water partition coefficient (Wildman–Crippen LogP) is 2.25. The van der Waals surface area contributed by atoms with Crippen molar-refractivity contribution in [1.29, 1.82) is 0 Å². The summed E-state index contributed by atoms with van der Waals surface area (Å²) in [6.07, 6.45) is -1.75. The molecule has 1 unspecified atom stereocenters.